The minimum Gasteiger partial charge on any atom is -0.497 e. The number of benzene rings is 6. The largest absolute Gasteiger partial charge is 0.497 e. The highest BCUT2D eigenvalue weighted by Crippen LogP contribution is 2.26. The smallest absolute Gasteiger partial charge is 0.306 e. The van der Waals surface area contributed by atoms with Crippen LogP contribution in [0.5, 0.6) is 34.5 Å². The van der Waals surface area contributed by atoms with Gasteiger partial charge in [0.05, 0.1) is 59.9 Å². The predicted octanol–water partition coefficient (Wildman–Crippen LogP) is 15.4. The third kappa shape index (κ3) is 43.0. The first kappa shape index (κ1) is 91.2. The van der Waals surface area contributed by atoms with Gasteiger partial charge >= 0.3 is 35.8 Å². The number of esters is 3. The summed E-state index contributed by atoms with van der Waals surface area (Å²) < 4.78 is 50.5. The standard InChI is InChI=1S/C30H43NO6.C29H41NO6.C28H39NO6/c1-31(2)22-27(37-30(34)20-19-29(32)33)23-36-28-18-11-10-16-25(28)15-9-7-5-4-6-8-13-24-14-12-17-26(21-24)35-3;1-30(2)21-26(36-29(33)19-18-28(31)32)22-35-27-17-10-9-15-24(27)14-8-6-4-5-7-12-23-13-11-16-25(20-23)34-3;1-29(2)20-25(35-28(32)18-17-27(30)31)21-34-26-16-9-8-14-23(26)13-7-5-4-6-11-22-12-10-15-24(19-22)33-3/h10-12,14,16-18,21,27H,4-9,13,15,19-20,22-23H2,1-3H3,(H,32,33);9-11,13,15-17,20,26H,4-8,12,14,18-19,21-22H2,1-3H3,(H,31,32);8-10,12,14-16,19,25H,4-7,11,13,17-18,20-21H2,1-3H3,(H,30,31). The van der Waals surface area contributed by atoms with E-state index in [9.17, 15) is 28.8 Å². The molecule has 6 aromatic carbocycles. The Morgan fingerprint density at radius 1 is 0.306 bits per heavy atom. The monoisotopic (exact) mass is 1500 g/mol. The van der Waals surface area contributed by atoms with Crippen LogP contribution in [-0.4, -0.2) is 187 Å². The van der Waals surface area contributed by atoms with Crippen LogP contribution < -0.4 is 28.4 Å². The van der Waals surface area contributed by atoms with E-state index in [-0.39, 0.29) is 58.3 Å². The number of likely N-dealkylation sites (N-methyl/N-ethyl adjacent to an activating group) is 3. The molecule has 0 amide bonds. The van der Waals surface area contributed by atoms with E-state index in [1.807, 2.05) is 148 Å². The van der Waals surface area contributed by atoms with Crippen LogP contribution in [0.1, 0.15) is 168 Å². The summed E-state index contributed by atoms with van der Waals surface area (Å²) in [5, 5.41) is 26.3. The van der Waals surface area contributed by atoms with Crippen molar-refractivity contribution in [2.75, 3.05) is 103 Å². The van der Waals surface area contributed by atoms with Crippen molar-refractivity contribution < 1.29 is 86.7 Å². The van der Waals surface area contributed by atoms with Gasteiger partial charge < -0.3 is 72.7 Å². The van der Waals surface area contributed by atoms with Gasteiger partial charge in [0.25, 0.3) is 0 Å². The third-order valence-electron chi connectivity index (χ3n) is 17.6. The van der Waals surface area contributed by atoms with Crippen molar-refractivity contribution >= 4 is 35.8 Å². The third-order valence-corrected chi connectivity index (χ3v) is 17.6. The van der Waals surface area contributed by atoms with E-state index in [4.69, 9.17) is 58.0 Å². The highest BCUT2D eigenvalue weighted by molar-refractivity contribution is 5.78. The maximum atomic E-state index is 12.0. The summed E-state index contributed by atoms with van der Waals surface area (Å²) >= 11 is 0. The average molecular weight is 1500 g/mol. The number of rotatable bonds is 54. The Balaban J connectivity index is 0.000000342. The van der Waals surface area contributed by atoms with Gasteiger partial charge in [-0.15, -0.1) is 0 Å². The van der Waals surface area contributed by atoms with Crippen molar-refractivity contribution in [3.05, 3.63) is 179 Å². The summed E-state index contributed by atoms with van der Waals surface area (Å²) in [4.78, 5) is 73.9. The second-order valence-corrected chi connectivity index (χ2v) is 27.9. The molecule has 3 N–H and O–H groups in total. The summed E-state index contributed by atoms with van der Waals surface area (Å²) in [6, 6.07) is 48.8. The number of hydrogen-bond donors (Lipinski definition) is 3. The molecule has 6 aromatic rings. The zero-order valence-corrected chi connectivity index (χ0v) is 65.7. The molecule has 0 radical (unpaired) electrons. The lowest BCUT2D eigenvalue weighted by molar-refractivity contribution is -0.154. The molecule has 594 valence electrons. The summed E-state index contributed by atoms with van der Waals surface area (Å²) in [5.74, 6) is 0.550. The average Bonchev–Trinajstić information content (AvgIpc) is 0.908. The molecule has 0 saturated heterocycles. The number of carboxylic acid groups (broad SMARTS) is 3. The molecule has 0 heterocycles. The molecule has 21 nitrogen and oxygen atoms in total. The van der Waals surface area contributed by atoms with Crippen molar-refractivity contribution in [2.24, 2.45) is 0 Å². The summed E-state index contributed by atoms with van der Waals surface area (Å²) in [6.07, 6.45) is 21.0. The minimum atomic E-state index is -1.02. The number of carboxylic acids is 3. The number of methoxy groups -OCH3 is 3. The Labute approximate surface area is 642 Å². The maximum absolute atomic E-state index is 12.0. The van der Waals surface area contributed by atoms with Gasteiger partial charge in [-0.2, -0.15) is 0 Å². The van der Waals surface area contributed by atoms with Crippen LogP contribution in [-0.2, 0) is 81.5 Å². The second-order valence-electron chi connectivity index (χ2n) is 27.9. The highest BCUT2D eigenvalue weighted by Gasteiger charge is 2.22. The highest BCUT2D eigenvalue weighted by atomic mass is 16.6. The zero-order valence-electron chi connectivity index (χ0n) is 65.7. The topological polar surface area (TPSA) is 256 Å². The fraction of sp³-hybridized carbons (Fsp3) is 0.517. The molecule has 0 aromatic heterocycles. The summed E-state index contributed by atoms with van der Waals surface area (Å²) in [7, 11) is 16.4. The van der Waals surface area contributed by atoms with Gasteiger partial charge in [-0.05, 0) is 207 Å². The van der Waals surface area contributed by atoms with E-state index in [0.29, 0.717) is 19.6 Å². The number of nitrogens with zero attached hydrogens (tertiary/aromatic N) is 3. The van der Waals surface area contributed by atoms with Gasteiger partial charge in [0.2, 0.25) is 0 Å². The lowest BCUT2D eigenvalue weighted by atomic mass is 10.0. The van der Waals surface area contributed by atoms with Crippen LogP contribution in [0.4, 0.5) is 0 Å². The first-order valence-corrected chi connectivity index (χ1v) is 38.3. The van der Waals surface area contributed by atoms with Crippen LogP contribution >= 0.6 is 0 Å². The molecule has 3 unspecified atom stereocenters. The summed E-state index contributed by atoms with van der Waals surface area (Å²) in [5.41, 5.74) is 7.40. The van der Waals surface area contributed by atoms with Crippen LogP contribution in [0, 0.1) is 0 Å². The van der Waals surface area contributed by atoms with Gasteiger partial charge in [0.1, 0.15) is 72.6 Å². The van der Waals surface area contributed by atoms with E-state index < -0.39 is 54.1 Å². The van der Waals surface area contributed by atoms with Gasteiger partial charge in [-0.25, -0.2) is 0 Å². The van der Waals surface area contributed by atoms with Gasteiger partial charge in [-0.3, -0.25) is 28.8 Å². The van der Waals surface area contributed by atoms with Crippen molar-refractivity contribution in [3.63, 3.8) is 0 Å². The molecule has 0 aliphatic heterocycles. The van der Waals surface area contributed by atoms with Crippen molar-refractivity contribution in [1.82, 2.24) is 14.7 Å². The predicted molar refractivity (Wildman–Crippen MR) is 422 cm³/mol. The fourth-order valence-corrected chi connectivity index (χ4v) is 12.1. The van der Waals surface area contributed by atoms with Gasteiger partial charge in [0, 0.05) is 19.6 Å². The number of unbranched alkanes of at least 4 members (excludes halogenated alkanes) is 12. The molecule has 0 bridgehead atoms. The number of aryl methyl sites for hydroxylation is 6. The first-order valence-electron chi connectivity index (χ1n) is 38.3. The summed E-state index contributed by atoms with van der Waals surface area (Å²) in [6.45, 7) is 2.15. The Morgan fingerprint density at radius 2 is 0.546 bits per heavy atom. The van der Waals surface area contributed by atoms with Crippen molar-refractivity contribution in [3.8, 4) is 34.5 Å². The molecule has 108 heavy (non-hydrogen) atoms. The Morgan fingerprint density at radius 3 is 0.787 bits per heavy atom. The zero-order chi connectivity index (χ0) is 78.5. The van der Waals surface area contributed by atoms with E-state index in [2.05, 4.69) is 54.6 Å². The lowest BCUT2D eigenvalue weighted by Gasteiger charge is -2.22. The molecule has 0 spiro atoms. The second kappa shape index (κ2) is 55.3. The van der Waals surface area contributed by atoms with Gasteiger partial charge in [-0.1, -0.05) is 149 Å². The van der Waals surface area contributed by atoms with E-state index in [1.54, 1.807) is 21.3 Å². The molecular weight excluding hydrogens is 1370 g/mol. The van der Waals surface area contributed by atoms with Crippen molar-refractivity contribution in [2.45, 2.75) is 192 Å². The van der Waals surface area contributed by atoms with Gasteiger partial charge in [0.15, 0.2) is 0 Å². The Hall–Kier alpha value is -9.18. The number of aliphatic carboxylic acids is 3. The molecule has 0 aliphatic carbocycles. The quantitative estimate of drug-likeness (QED) is 0.0182. The van der Waals surface area contributed by atoms with Crippen LogP contribution in [0.25, 0.3) is 0 Å². The van der Waals surface area contributed by atoms with Crippen molar-refractivity contribution in [1.29, 1.82) is 0 Å². The van der Waals surface area contributed by atoms with E-state index >= 15 is 0 Å². The normalized spacial score (nSPS) is 11.8. The van der Waals surface area contributed by atoms with E-state index in [1.165, 1.54) is 68.1 Å². The van der Waals surface area contributed by atoms with Crippen LogP contribution in [0.15, 0.2) is 146 Å². The maximum Gasteiger partial charge on any atom is 0.306 e. The van der Waals surface area contributed by atoms with Crippen LogP contribution in [0.3, 0.4) is 0 Å². The molecule has 3 atom stereocenters. The first-order chi connectivity index (χ1) is 52.1. The number of para-hydroxylation sites is 3. The Kier molecular flexibility index (Phi) is 46.7. The number of hydrogen-bond acceptors (Lipinski definition) is 18. The fourth-order valence-electron chi connectivity index (χ4n) is 12.1. The molecule has 6 rings (SSSR count). The Bertz CT molecular complexity index is 3510. The van der Waals surface area contributed by atoms with Crippen LogP contribution in [0.2, 0.25) is 0 Å². The molecular formula is C87H123N3O18. The van der Waals surface area contributed by atoms with E-state index in [0.717, 1.165) is 135 Å². The lowest BCUT2D eigenvalue weighted by Crippen LogP contribution is -2.35. The SMILES string of the molecule is COc1cccc(CCCCCCCCc2ccccc2OCC(CN(C)C)OC(=O)CCC(=O)O)c1.COc1cccc(CCCCCCCc2ccccc2OCC(CN(C)C)OC(=O)CCC(=O)O)c1.COc1cccc(CCCCCCc2ccccc2OCC(CN(C)C)OC(=O)CCC(=O)O)c1. The number of ether oxygens (including phenoxy) is 9. The molecule has 0 saturated carbocycles. The number of carbonyl (C=O) groups is 6. The molecule has 0 fully saturated rings. The minimum absolute atomic E-state index is 0.142. The number of carbonyl (C=O) groups excluding carboxylic acids is 3. The molecule has 21 heteroatoms. The molecule has 0 aliphatic rings.